The van der Waals surface area contributed by atoms with Gasteiger partial charge in [0, 0.05) is 12.1 Å². The fourth-order valence-electron chi connectivity index (χ4n) is 1.24. The predicted octanol–water partition coefficient (Wildman–Crippen LogP) is 1.38. The molecule has 0 amide bonds. The Hall–Kier alpha value is -2.64. The summed E-state index contributed by atoms with van der Waals surface area (Å²) in [5, 5.41) is 18.6. The van der Waals surface area contributed by atoms with Crippen molar-refractivity contribution < 1.29 is 29.1 Å². The van der Waals surface area contributed by atoms with E-state index < -0.39 is 17.0 Å². The van der Waals surface area contributed by atoms with Gasteiger partial charge in [-0.1, -0.05) is 12.1 Å². The molecule has 0 unspecified atom stereocenters. The van der Waals surface area contributed by atoms with Gasteiger partial charge in [-0.2, -0.15) is 0 Å². The van der Waals surface area contributed by atoms with E-state index in [9.17, 15) is 19.7 Å². The number of carbonyl (C=O) groups is 2. The van der Waals surface area contributed by atoms with Gasteiger partial charge < -0.3 is 14.6 Å². The molecule has 0 saturated carbocycles. The molecular formula is C11H11NO7. The average Bonchev–Trinajstić information content (AvgIpc) is 2.35. The number of non-ortho nitro benzene ring substituents is 1. The molecule has 8 nitrogen and oxygen atoms in total. The molecule has 0 heterocycles. The monoisotopic (exact) mass is 269 g/mol. The van der Waals surface area contributed by atoms with Gasteiger partial charge in [-0.3, -0.25) is 14.9 Å². The third-order valence-corrected chi connectivity index (χ3v) is 2.07. The van der Waals surface area contributed by atoms with E-state index in [0.717, 1.165) is 0 Å². The second-order valence-corrected chi connectivity index (χ2v) is 3.44. The third-order valence-electron chi connectivity index (χ3n) is 2.07. The second kappa shape index (κ2) is 6.94. The summed E-state index contributed by atoms with van der Waals surface area (Å²) < 4.78 is 8.86. The first-order chi connectivity index (χ1) is 8.99. The third kappa shape index (κ3) is 5.48. The first-order valence-corrected chi connectivity index (χ1v) is 5.23. The predicted molar refractivity (Wildman–Crippen MR) is 61.7 cm³/mol. The molecule has 0 aromatic heterocycles. The van der Waals surface area contributed by atoms with Gasteiger partial charge in [0.1, 0.15) is 13.2 Å². The van der Waals surface area contributed by atoms with Crippen LogP contribution in [0.25, 0.3) is 0 Å². The molecule has 0 fully saturated rings. The summed E-state index contributed by atoms with van der Waals surface area (Å²) in [4.78, 5) is 31.2. The van der Waals surface area contributed by atoms with Crippen molar-refractivity contribution in [3.63, 3.8) is 0 Å². The molecule has 1 rings (SSSR count). The molecule has 0 aliphatic carbocycles. The van der Waals surface area contributed by atoms with Gasteiger partial charge in [0.25, 0.3) is 5.69 Å². The van der Waals surface area contributed by atoms with Crippen LogP contribution in [0.5, 0.6) is 0 Å². The number of esters is 1. The van der Waals surface area contributed by atoms with E-state index in [4.69, 9.17) is 9.84 Å². The molecule has 0 bridgehead atoms. The Balaban J connectivity index is 2.35. The summed E-state index contributed by atoms with van der Waals surface area (Å²) in [5.74, 6) is -0.567. The quantitative estimate of drug-likeness (QED) is 0.359. The highest BCUT2D eigenvalue weighted by molar-refractivity contribution is 5.72. The molecule has 1 N–H and O–H groups in total. The van der Waals surface area contributed by atoms with Crippen LogP contribution in [0.4, 0.5) is 10.5 Å². The Labute approximate surface area is 107 Å². The van der Waals surface area contributed by atoms with Crippen LogP contribution in [0.2, 0.25) is 0 Å². The lowest BCUT2D eigenvalue weighted by Crippen LogP contribution is -2.14. The molecular weight excluding hydrogens is 258 g/mol. The van der Waals surface area contributed by atoms with Crippen molar-refractivity contribution in [3.8, 4) is 0 Å². The second-order valence-electron chi connectivity index (χ2n) is 3.44. The summed E-state index contributed by atoms with van der Waals surface area (Å²) in [5.41, 5.74) is 0.502. The molecule has 19 heavy (non-hydrogen) atoms. The van der Waals surface area contributed by atoms with E-state index in [1.807, 2.05) is 0 Å². The van der Waals surface area contributed by atoms with Crippen LogP contribution in [-0.4, -0.2) is 35.4 Å². The van der Waals surface area contributed by atoms with Crippen LogP contribution in [0.3, 0.4) is 0 Å². The van der Waals surface area contributed by atoms with Crippen LogP contribution in [0, 0.1) is 10.1 Å². The Kier molecular flexibility index (Phi) is 5.27. The fourth-order valence-corrected chi connectivity index (χ4v) is 1.24. The molecule has 1 aromatic carbocycles. The number of nitrogens with zero attached hydrogens (tertiary/aromatic N) is 1. The molecule has 1 aromatic rings. The summed E-state index contributed by atoms with van der Waals surface area (Å²) in [6.45, 7) is -0.403. The van der Waals surface area contributed by atoms with Gasteiger partial charge in [0.15, 0.2) is 0 Å². The first kappa shape index (κ1) is 14.4. The lowest BCUT2D eigenvalue weighted by Gasteiger charge is -2.04. The molecule has 0 saturated heterocycles. The number of hydrogen-bond donors (Lipinski definition) is 1. The summed E-state index contributed by atoms with van der Waals surface area (Å²) >= 11 is 0. The van der Waals surface area contributed by atoms with Gasteiger partial charge in [-0.05, 0) is 5.56 Å². The fraction of sp³-hybridized carbons (Fsp3) is 0.273. The number of ether oxygens (including phenoxy) is 2. The highest BCUT2D eigenvalue weighted by Gasteiger charge is 2.08. The van der Waals surface area contributed by atoms with Crippen molar-refractivity contribution >= 4 is 17.8 Å². The van der Waals surface area contributed by atoms with Gasteiger partial charge in [-0.25, -0.2) is 4.79 Å². The maximum Gasteiger partial charge on any atom is 0.505 e. The van der Waals surface area contributed by atoms with E-state index >= 15 is 0 Å². The van der Waals surface area contributed by atoms with E-state index in [1.54, 1.807) is 0 Å². The average molecular weight is 269 g/mol. The number of carbonyl (C=O) groups excluding carboxylic acids is 1. The number of nitro groups is 1. The number of carboxylic acid groups (broad SMARTS) is 1. The zero-order valence-corrected chi connectivity index (χ0v) is 9.77. The molecule has 8 heteroatoms. The van der Waals surface area contributed by atoms with Crippen LogP contribution >= 0.6 is 0 Å². The maximum atomic E-state index is 11.3. The van der Waals surface area contributed by atoms with Crippen molar-refractivity contribution in [2.24, 2.45) is 0 Å². The maximum absolute atomic E-state index is 11.3. The molecule has 102 valence electrons. The minimum atomic E-state index is -1.44. The highest BCUT2D eigenvalue weighted by Crippen LogP contribution is 2.12. The van der Waals surface area contributed by atoms with E-state index in [2.05, 4.69) is 4.74 Å². The highest BCUT2D eigenvalue weighted by atomic mass is 16.7. The standard InChI is InChI=1S/C11H11NO7/c13-10(18-5-6-19-11(14)15)7-8-1-3-9(4-2-8)12(16)17/h1-4H,5-7H2,(H,14,15). The molecule has 0 aliphatic heterocycles. The van der Waals surface area contributed by atoms with Crippen LogP contribution in [0.15, 0.2) is 24.3 Å². The van der Waals surface area contributed by atoms with Gasteiger partial charge in [0.2, 0.25) is 0 Å². The van der Waals surface area contributed by atoms with Gasteiger partial charge in [0.05, 0.1) is 11.3 Å². The number of nitro benzene ring substituents is 1. The first-order valence-electron chi connectivity index (χ1n) is 5.23. The van der Waals surface area contributed by atoms with E-state index in [0.29, 0.717) is 5.56 Å². The van der Waals surface area contributed by atoms with Crippen molar-refractivity contribution in [2.75, 3.05) is 13.2 Å². The normalized spacial score (nSPS) is 9.68. The van der Waals surface area contributed by atoms with Crippen molar-refractivity contribution in [3.05, 3.63) is 39.9 Å². The Morgan fingerprint density at radius 2 is 1.74 bits per heavy atom. The SMILES string of the molecule is O=C(O)OCCOC(=O)Cc1ccc([N+](=O)[O-])cc1. The number of benzene rings is 1. The Morgan fingerprint density at radius 3 is 2.26 bits per heavy atom. The zero-order valence-electron chi connectivity index (χ0n) is 9.77. The smallest absolute Gasteiger partial charge is 0.462 e. The molecule has 0 aliphatic rings. The van der Waals surface area contributed by atoms with Gasteiger partial charge >= 0.3 is 12.1 Å². The summed E-state index contributed by atoms with van der Waals surface area (Å²) in [6, 6.07) is 5.48. The lowest BCUT2D eigenvalue weighted by molar-refractivity contribution is -0.384. The Bertz CT molecular complexity index is 468. The number of hydrogen-bond acceptors (Lipinski definition) is 6. The molecule has 0 radical (unpaired) electrons. The van der Waals surface area contributed by atoms with Gasteiger partial charge in [-0.15, -0.1) is 0 Å². The summed E-state index contributed by atoms with van der Waals surface area (Å²) in [7, 11) is 0. The van der Waals surface area contributed by atoms with E-state index in [1.165, 1.54) is 24.3 Å². The van der Waals surface area contributed by atoms with Crippen molar-refractivity contribution in [1.29, 1.82) is 0 Å². The van der Waals surface area contributed by atoms with Crippen LogP contribution < -0.4 is 0 Å². The topological polar surface area (TPSA) is 116 Å². The molecule has 0 spiro atoms. The van der Waals surface area contributed by atoms with Crippen LogP contribution in [0.1, 0.15) is 5.56 Å². The van der Waals surface area contributed by atoms with Crippen molar-refractivity contribution in [2.45, 2.75) is 6.42 Å². The minimum absolute atomic E-state index is 0.0505. The number of rotatable bonds is 6. The molecule has 0 atom stereocenters. The largest absolute Gasteiger partial charge is 0.505 e. The van der Waals surface area contributed by atoms with Crippen LogP contribution in [-0.2, 0) is 20.7 Å². The minimum Gasteiger partial charge on any atom is -0.462 e. The Morgan fingerprint density at radius 1 is 1.16 bits per heavy atom. The van der Waals surface area contributed by atoms with E-state index in [-0.39, 0.29) is 25.3 Å². The van der Waals surface area contributed by atoms with Crippen molar-refractivity contribution in [1.82, 2.24) is 0 Å². The zero-order chi connectivity index (χ0) is 14.3. The summed E-state index contributed by atoms with van der Waals surface area (Å²) in [6.07, 6.45) is -1.49. The lowest BCUT2D eigenvalue weighted by atomic mass is 10.1.